The molecule has 1 amide bonds. The van der Waals surface area contributed by atoms with Gasteiger partial charge in [0.05, 0.1) is 17.7 Å². The summed E-state index contributed by atoms with van der Waals surface area (Å²) >= 11 is 0. The number of nitrogen functional groups attached to an aromatic ring is 1. The topological polar surface area (TPSA) is 142 Å². The third-order valence-corrected chi connectivity index (χ3v) is 4.95. The van der Waals surface area contributed by atoms with E-state index in [9.17, 15) is 24.0 Å². The minimum absolute atomic E-state index is 0.0352. The van der Waals surface area contributed by atoms with Crippen LogP contribution < -0.4 is 22.3 Å². The normalized spacial score (nSPS) is 10.5. The number of Topliss-reactive ketones (excluding diaryl/α,β-unsaturated/α-hetero) is 1. The number of hydrogen-bond donors (Lipinski definition) is 2. The van der Waals surface area contributed by atoms with Crippen LogP contribution in [-0.4, -0.2) is 33.4 Å². The van der Waals surface area contributed by atoms with Crippen molar-refractivity contribution in [2.24, 2.45) is 14.1 Å². The molecular weight excluding hydrogens is 428 g/mol. The van der Waals surface area contributed by atoms with Crippen molar-refractivity contribution >= 4 is 29.2 Å². The van der Waals surface area contributed by atoms with Gasteiger partial charge >= 0.3 is 11.7 Å². The van der Waals surface area contributed by atoms with Gasteiger partial charge in [-0.2, -0.15) is 0 Å². The number of anilines is 2. The molecule has 1 aromatic heterocycles. The van der Waals surface area contributed by atoms with Gasteiger partial charge in [0.15, 0.2) is 6.61 Å². The second-order valence-electron chi connectivity index (χ2n) is 7.22. The van der Waals surface area contributed by atoms with E-state index in [1.807, 2.05) is 18.2 Å². The van der Waals surface area contributed by atoms with Crippen molar-refractivity contribution in [2.45, 2.75) is 6.42 Å². The first-order valence-corrected chi connectivity index (χ1v) is 9.89. The number of amides is 1. The van der Waals surface area contributed by atoms with E-state index in [1.54, 1.807) is 24.3 Å². The lowest BCUT2D eigenvalue weighted by Crippen LogP contribution is -2.42. The van der Waals surface area contributed by atoms with Crippen LogP contribution in [0.3, 0.4) is 0 Å². The maximum absolute atomic E-state index is 12.6. The summed E-state index contributed by atoms with van der Waals surface area (Å²) in [6, 6.07) is 15.3. The zero-order chi connectivity index (χ0) is 24.1. The van der Waals surface area contributed by atoms with Crippen LogP contribution in [0.25, 0.3) is 0 Å². The molecule has 0 bridgehead atoms. The number of carbonyl (C=O) groups is 3. The van der Waals surface area contributed by atoms with E-state index in [1.165, 1.54) is 26.2 Å². The Labute approximate surface area is 188 Å². The molecule has 10 nitrogen and oxygen atoms in total. The summed E-state index contributed by atoms with van der Waals surface area (Å²) in [5.74, 6) is -2.39. The predicted molar refractivity (Wildman–Crippen MR) is 121 cm³/mol. The molecule has 3 aromatic rings. The molecule has 0 aliphatic carbocycles. The lowest BCUT2D eigenvalue weighted by atomic mass is 10.1. The molecule has 3 N–H and O–H groups in total. The second kappa shape index (κ2) is 9.77. The fourth-order valence-corrected chi connectivity index (χ4v) is 3.15. The van der Waals surface area contributed by atoms with Gasteiger partial charge in [-0.15, -0.1) is 0 Å². The van der Waals surface area contributed by atoms with Crippen molar-refractivity contribution in [1.82, 2.24) is 9.13 Å². The van der Waals surface area contributed by atoms with E-state index in [2.05, 4.69) is 5.32 Å². The highest BCUT2D eigenvalue weighted by atomic mass is 16.5. The molecule has 2 aromatic carbocycles. The van der Waals surface area contributed by atoms with Gasteiger partial charge in [-0.1, -0.05) is 42.5 Å². The molecule has 3 rings (SSSR count). The fraction of sp³-hybridized carbons (Fsp3) is 0.174. The Morgan fingerprint density at radius 2 is 1.58 bits per heavy atom. The minimum Gasteiger partial charge on any atom is -0.454 e. The lowest BCUT2D eigenvalue weighted by Gasteiger charge is -2.12. The van der Waals surface area contributed by atoms with Crippen molar-refractivity contribution in [3.8, 4) is 0 Å². The summed E-state index contributed by atoms with van der Waals surface area (Å²) in [5.41, 5.74) is 4.79. The molecule has 0 unspecified atom stereocenters. The monoisotopic (exact) mass is 450 g/mol. The standard InChI is InChI=1S/C23H22N4O6/c1-26-20(24)19(21(30)27(2)23(26)32)17(28)13-33-22(31)15-10-6-7-11-16(15)25-18(29)12-14-8-4-3-5-9-14/h3-11H,12-13,24H2,1-2H3,(H,25,29). The number of nitrogens with zero attached hydrogens (tertiary/aromatic N) is 2. The number of nitrogens with two attached hydrogens (primary N) is 1. The molecule has 0 radical (unpaired) electrons. The summed E-state index contributed by atoms with van der Waals surface area (Å²) in [6.45, 7) is -0.775. The first kappa shape index (κ1) is 23.2. The van der Waals surface area contributed by atoms with E-state index < -0.39 is 35.2 Å². The van der Waals surface area contributed by atoms with Gasteiger partial charge in [-0.3, -0.25) is 23.5 Å². The van der Waals surface area contributed by atoms with Gasteiger partial charge < -0.3 is 15.8 Å². The number of ether oxygens (including phenoxy) is 1. The highest BCUT2D eigenvalue weighted by Crippen LogP contribution is 2.17. The van der Waals surface area contributed by atoms with Gasteiger partial charge in [0, 0.05) is 14.1 Å². The number of carbonyl (C=O) groups excluding carboxylic acids is 3. The number of esters is 1. The summed E-state index contributed by atoms with van der Waals surface area (Å²) < 4.78 is 6.77. The van der Waals surface area contributed by atoms with Crippen LogP contribution in [-0.2, 0) is 30.0 Å². The number of para-hydroxylation sites is 1. The van der Waals surface area contributed by atoms with E-state index in [0.29, 0.717) is 0 Å². The van der Waals surface area contributed by atoms with Crippen molar-refractivity contribution in [1.29, 1.82) is 0 Å². The molecule has 0 spiro atoms. The third-order valence-electron chi connectivity index (χ3n) is 4.95. The molecule has 0 saturated heterocycles. The van der Waals surface area contributed by atoms with E-state index in [0.717, 1.165) is 14.7 Å². The maximum atomic E-state index is 12.6. The Morgan fingerprint density at radius 1 is 0.939 bits per heavy atom. The number of hydrogen-bond acceptors (Lipinski definition) is 7. The molecule has 0 atom stereocenters. The lowest BCUT2D eigenvalue weighted by molar-refractivity contribution is -0.115. The Bertz CT molecular complexity index is 1340. The summed E-state index contributed by atoms with van der Waals surface area (Å²) in [6.07, 6.45) is 0.109. The second-order valence-corrected chi connectivity index (χ2v) is 7.22. The maximum Gasteiger partial charge on any atom is 0.340 e. The SMILES string of the molecule is Cn1c(N)c(C(=O)COC(=O)c2ccccc2NC(=O)Cc2ccccc2)c(=O)n(C)c1=O. The van der Waals surface area contributed by atoms with Gasteiger partial charge in [0.25, 0.3) is 5.56 Å². The van der Waals surface area contributed by atoms with Crippen molar-refractivity contribution in [3.63, 3.8) is 0 Å². The van der Waals surface area contributed by atoms with Crippen molar-refractivity contribution in [3.05, 3.63) is 92.1 Å². The molecule has 33 heavy (non-hydrogen) atoms. The van der Waals surface area contributed by atoms with Crippen LogP contribution in [0.5, 0.6) is 0 Å². The number of aromatic nitrogens is 2. The number of nitrogens with one attached hydrogen (secondary N) is 1. The Morgan fingerprint density at radius 3 is 2.27 bits per heavy atom. The fourth-order valence-electron chi connectivity index (χ4n) is 3.15. The summed E-state index contributed by atoms with van der Waals surface area (Å²) in [7, 11) is 2.52. The smallest absolute Gasteiger partial charge is 0.340 e. The van der Waals surface area contributed by atoms with Gasteiger partial charge in [0.1, 0.15) is 11.4 Å². The van der Waals surface area contributed by atoms with Crippen LogP contribution in [0.15, 0.2) is 64.2 Å². The quantitative estimate of drug-likeness (QED) is 0.402. The molecule has 10 heteroatoms. The van der Waals surface area contributed by atoms with Crippen molar-refractivity contribution in [2.75, 3.05) is 17.7 Å². The number of benzene rings is 2. The molecule has 0 aliphatic rings. The van der Waals surface area contributed by atoms with Crippen LogP contribution >= 0.6 is 0 Å². The minimum atomic E-state index is -0.884. The summed E-state index contributed by atoms with van der Waals surface area (Å²) in [4.78, 5) is 61.7. The molecule has 1 heterocycles. The van der Waals surface area contributed by atoms with Crippen LogP contribution in [0.1, 0.15) is 26.3 Å². The molecule has 0 saturated carbocycles. The predicted octanol–water partition coefficient (Wildman–Crippen LogP) is 0.887. The number of rotatable bonds is 7. The van der Waals surface area contributed by atoms with Crippen LogP contribution in [0.4, 0.5) is 11.5 Å². The van der Waals surface area contributed by atoms with Gasteiger partial charge in [-0.05, 0) is 17.7 Å². The van der Waals surface area contributed by atoms with Crippen molar-refractivity contribution < 1.29 is 19.1 Å². The first-order valence-electron chi connectivity index (χ1n) is 9.89. The van der Waals surface area contributed by atoms with E-state index in [4.69, 9.17) is 10.5 Å². The van der Waals surface area contributed by atoms with Crippen LogP contribution in [0.2, 0.25) is 0 Å². The molecule has 0 fully saturated rings. The molecular formula is C23H22N4O6. The Kier molecular flexibility index (Phi) is 6.87. The highest BCUT2D eigenvalue weighted by Gasteiger charge is 2.22. The number of ketones is 1. The average Bonchev–Trinajstić information content (AvgIpc) is 2.81. The van der Waals surface area contributed by atoms with Gasteiger partial charge in [0.2, 0.25) is 11.7 Å². The van der Waals surface area contributed by atoms with E-state index >= 15 is 0 Å². The largest absolute Gasteiger partial charge is 0.454 e. The molecule has 170 valence electrons. The van der Waals surface area contributed by atoms with E-state index in [-0.39, 0.29) is 29.4 Å². The zero-order valence-electron chi connectivity index (χ0n) is 18.0. The third kappa shape index (κ3) is 5.06. The van der Waals surface area contributed by atoms with Gasteiger partial charge in [-0.25, -0.2) is 9.59 Å². The zero-order valence-corrected chi connectivity index (χ0v) is 18.0. The molecule has 0 aliphatic heterocycles. The Hall–Kier alpha value is -4.47. The average molecular weight is 450 g/mol. The Balaban J connectivity index is 1.73. The van der Waals surface area contributed by atoms with Crippen LogP contribution in [0, 0.1) is 0 Å². The highest BCUT2D eigenvalue weighted by molar-refractivity contribution is 6.04. The first-order chi connectivity index (χ1) is 15.7. The summed E-state index contributed by atoms with van der Waals surface area (Å²) in [5, 5.41) is 2.66.